The van der Waals surface area contributed by atoms with Crippen LogP contribution in [0.15, 0.2) is 60.7 Å². The van der Waals surface area contributed by atoms with E-state index in [0.717, 1.165) is 33.3 Å². The minimum Gasteiger partial charge on any atom is -0.325 e. The van der Waals surface area contributed by atoms with Gasteiger partial charge >= 0.3 is 0 Å². The molecule has 0 aliphatic heterocycles. The molecule has 0 fully saturated rings. The van der Waals surface area contributed by atoms with Crippen LogP contribution in [-0.2, 0) is 9.59 Å². The van der Waals surface area contributed by atoms with Gasteiger partial charge in [0.05, 0.1) is 12.6 Å². The van der Waals surface area contributed by atoms with Crippen molar-refractivity contribution in [3.05, 3.63) is 71.8 Å². The van der Waals surface area contributed by atoms with Gasteiger partial charge in [0, 0.05) is 11.4 Å². The van der Waals surface area contributed by atoms with Crippen molar-refractivity contribution in [3.63, 3.8) is 0 Å². The van der Waals surface area contributed by atoms with Gasteiger partial charge in [0.15, 0.2) is 0 Å². The normalized spacial score (nSPS) is 12.0. The lowest BCUT2D eigenvalue weighted by molar-refractivity contribution is -0.122. The standard InChI is InChI=1S/C24H27N3O2/c1-16-8-7-11-22(17(16)2)26-23(28)15-27(4)18(3)24(29)25-21-13-12-19-9-5-6-10-20(19)14-21/h5-14,18H,15H2,1-4H3,(H,25,29)(H,26,28). The SMILES string of the molecule is Cc1cccc(NC(=O)CN(C)C(C)C(=O)Nc2ccc3ccccc3c2)c1C. The first-order chi connectivity index (χ1) is 13.8. The lowest BCUT2D eigenvalue weighted by atomic mass is 10.1. The van der Waals surface area contributed by atoms with Crippen LogP contribution in [-0.4, -0.2) is 36.3 Å². The van der Waals surface area contributed by atoms with Crippen LogP contribution in [0.4, 0.5) is 11.4 Å². The number of carbonyl (C=O) groups is 2. The van der Waals surface area contributed by atoms with Gasteiger partial charge in [-0.3, -0.25) is 14.5 Å². The van der Waals surface area contributed by atoms with Gasteiger partial charge in [-0.25, -0.2) is 0 Å². The number of hydrogen-bond acceptors (Lipinski definition) is 3. The fourth-order valence-corrected chi connectivity index (χ4v) is 3.15. The van der Waals surface area contributed by atoms with E-state index in [4.69, 9.17) is 0 Å². The summed E-state index contributed by atoms with van der Waals surface area (Å²) in [6, 6.07) is 19.2. The number of fused-ring (bicyclic) bond motifs is 1. The Morgan fingerprint density at radius 3 is 2.41 bits per heavy atom. The van der Waals surface area contributed by atoms with Gasteiger partial charge in [-0.2, -0.15) is 0 Å². The zero-order valence-corrected chi connectivity index (χ0v) is 17.3. The van der Waals surface area contributed by atoms with Crippen molar-refractivity contribution in [3.8, 4) is 0 Å². The van der Waals surface area contributed by atoms with E-state index in [1.54, 1.807) is 18.9 Å². The van der Waals surface area contributed by atoms with Gasteiger partial charge in [0.2, 0.25) is 11.8 Å². The van der Waals surface area contributed by atoms with Crippen molar-refractivity contribution in [2.24, 2.45) is 0 Å². The maximum Gasteiger partial charge on any atom is 0.241 e. The molecule has 3 rings (SSSR count). The van der Waals surface area contributed by atoms with Crippen molar-refractivity contribution in [1.29, 1.82) is 0 Å². The van der Waals surface area contributed by atoms with Crippen LogP contribution in [0.1, 0.15) is 18.1 Å². The number of aryl methyl sites for hydroxylation is 1. The second kappa shape index (κ2) is 8.88. The minimum absolute atomic E-state index is 0.125. The molecule has 0 aromatic heterocycles. The molecule has 29 heavy (non-hydrogen) atoms. The molecule has 150 valence electrons. The Morgan fingerprint density at radius 2 is 1.66 bits per heavy atom. The predicted molar refractivity (Wildman–Crippen MR) is 119 cm³/mol. The fourth-order valence-electron chi connectivity index (χ4n) is 3.15. The molecule has 0 bridgehead atoms. The Balaban J connectivity index is 1.59. The van der Waals surface area contributed by atoms with Gasteiger partial charge in [0.25, 0.3) is 0 Å². The summed E-state index contributed by atoms with van der Waals surface area (Å²) in [5.41, 5.74) is 3.72. The van der Waals surface area contributed by atoms with Gasteiger partial charge in [0.1, 0.15) is 0 Å². The molecule has 0 saturated heterocycles. The number of hydrogen-bond donors (Lipinski definition) is 2. The van der Waals surface area contributed by atoms with Crippen LogP contribution in [0, 0.1) is 13.8 Å². The smallest absolute Gasteiger partial charge is 0.241 e. The van der Waals surface area contributed by atoms with Crippen LogP contribution in [0.3, 0.4) is 0 Å². The number of nitrogens with one attached hydrogen (secondary N) is 2. The third-order valence-corrected chi connectivity index (χ3v) is 5.33. The Hall–Kier alpha value is -3.18. The third kappa shape index (κ3) is 5.00. The molecule has 1 unspecified atom stereocenters. The molecular weight excluding hydrogens is 362 g/mol. The molecule has 1 atom stereocenters. The summed E-state index contributed by atoms with van der Waals surface area (Å²) < 4.78 is 0. The quantitative estimate of drug-likeness (QED) is 0.659. The molecule has 0 heterocycles. The lowest BCUT2D eigenvalue weighted by Crippen LogP contribution is -2.43. The van der Waals surface area contributed by atoms with Crippen molar-refractivity contribution in [2.45, 2.75) is 26.8 Å². The van der Waals surface area contributed by atoms with Gasteiger partial charge in [-0.05, 0) is 67.9 Å². The van der Waals surface area contributed by atoms with Crippen LogP contribution in [0.2, 0.25) is 0 Å². The molecule has 0 saturated carbocycles. The number of amides is 2. The largest absolute Gasteiger partial charge is 0.325 e. The first-order valence-electron chi connectivity index (χ1n) is 9.71. The lowest BCUT2D eigenvalue weighted by Gasteiger charge is -2.23. The minimum atomic E-state index is -0.453. The molecule has 2 amide bonds. The van der Waals surface area contributed by atoms with E-state index in [2.05, 4.69) is 10.6 Å². The van der Waals surface area contributed by atoms with E-state index in [1.807, 2.05) is 74.5 Å². The topological polar surface area (TPSA) is 61.4 Å². The van der Waals surface area contributed by atoms with E-state index in [0.29, 0.717) is 0 Å². The number of rotatable bonds is 6. The first-order valence-corrected chi connectivity index (χ1v) is 9.71. The molecule has 0 radical (unpaired) electrons. The first kappa shape index (κ1) is 20.6. The summed E-state index contributed by atoms with van der Waals surface area (Å²) in [4.78, 5) is 26.8. The Morgan fingerprint density at radius 1 is 0.931 bits per heavy atom. The van der Waals surface area contributed by atoms with E-state index < -0.39 is 6.04 Å². The highest BCUT2D eigenvalue weighted by molar-refractivity contribution is 5.98. The van der Waals surface area contributed by atoms with Gasteiger partial charge in [-0.15, -0.1) is 0 Å². The van der Waals surface area contributed by atoms with Crippen LogP contribution >= 0.6 is 0 Å². The summed E-state index contributed by atoms with van der Waals surface area (Å²) >= 11 is 0. The van der Waals surface area contributed by atoms with Crippen LogP contribution < -0.4 is 10.6 Å². The Labute approximate surface area is 171 Å². The number of carbonyl (C=O) groups excluding carboxylic acids is 2. The highest BCUT2D eigenvalue weighted by atomic mass is 16.2. The Bertz CT molecular complexity index is 1050. The average Bonchev–Trinajstić information content (AvgIpc) is 2.70. The molecule has 0 spiro atoms. The van der Waals surface area contributed by atoms with E-state index >= 15 is 0 Å². The van der Waals surface area contributed by atoms with Crippen LogP contribution in [0.5, 0.6) is 0 Å². The molecule has 0 aliphatic carbocycles. The van der Waals surface area contributed by atoms with Gasteiger partial charge in [-0.1, -0.05) is 42.5 Å². The van der Waals surface area contributed by atoms with Crippen molar-refractivity contribution in [2.75, 3.05) is 24.2 Å². The molecule has 0 aliphatic rings. The molecular formula is C24H27N3O2. The monoisotopic (exact) mass is 389 g/mol. The number of likely N-dealkylation sites (N-methyl/N-ethyl adjacent to an activating group) is 1. The fraction of sp³-hybridized carbons (Fsp3) is 0.250. The summed E-state index contributed by atoms with van der Waals surface area (Å²) in [7, 11) is 1.77. The number of benzene rings is 3. The average molecular weight is 389 g/mol. The van der Waals surface area contributed by atoms with Crippen molar-refractivity contribution < 1.29 is 9.59 Å². The van der Waals surface area contributed by atoms with Gasteiger partial charge < -0.3 is 10.6 Å². The second-order valence-corrected chi connectivity index (χ2v) is 7.44. The molecule has 3 aromatic rings. The van der Waals surface area contributed by atoms with E-state index in [-0.39, 0.29) is 18.4 Å². The molecule has 3 aromatic carbocycles. The number of anilines is 2. The van der Waals surface area contributed by atoms with E-state index in [9.17, 15) is 9.59 Å². The maximum absolute atomic E-state index is 12.6. The predicted octanol–water partition coefficient (Wildman–Crippen LogP) is 4.35. The second-order valence-electron chi connectivity index (χ2n) is 7.44. The summed E-state index contributed by atoms with van der Waals surface area (Å²) in [6.07, 6.45) is 0. The molecule has 2 N–H and O–H groups in total. The summed E-state index contributed by atoms with van der Waals surface area (Å²) in [6.45, 7) is 5.91. The van der Waals surface area contributed by atoms with Crippen molar-refractivity contribution in [1.82, 2.24) is 4.90 Å². The van der Waals surface area contributed by atoms with Crippen LogP contribution in [0.25, 0.3) is 10.8 Å². The zero-order chi connectivity index (χ0) is 21.0. The van der Waals surface area contributed by atoms with E-state index in [1.165, 1.54) is 0 Å². The Kier molecular flexibility index (Phi) is 6.29. The highest BCUT2D eigenvalue weighted by Gasteiger charge is 2.20. The third-order valence-electron chi connectivity index (χ3n) is 5.33. The number of nitrogens with zero attached hydrogens (tertiary/aromatic N) is 1. The maximum atomic E-state index is 12.6. The highest BCUT2D eigenvalue weighted by Crippen LogP contribution is 2.20. The van der Waals surface area contributed by atoms with Crippen molar-refractivity contribution >= 4 is 34.0 Å². The zero-order valence-electron chi connectivity index (χ0n) is 17.3. The summed E-state index contributed by atoms with van der Waals surface area (Å²) in [5, 5.41) is 8.07. The molecule has 5 nitrogen and oxygen atoms in total. The molecule has 5 heteroatoms. The summed E-state index contributed by atoms with van der Waals surface area (Å²) in [5.74, 6) is -0.297.